The number of amides is 1. The summed E-state index contributed by atoms with van der Waals surface area (Å²) in [4.78, 5) is 16.6. The van der Waals surface area contributed by atoms with Gasteiger partial charge in [-0.2, -0.15) is 0 Å². The number of anilines is 1. The van der Waals surface area contributed by atoms with Gasteiger partial charge in [-0.1, -0.05) is 17.7 Å². The lowest BCUT2D eigenvalue weighted by Crippen LogP contribution is -2.20. The maximum atomic E-state index is 12.2. The maximum Gasteiger partial charge on any atom is 0.262 e. The minimum absolute atomic E-state index is 0.166. The van der Waals surface area contributed by atoms with E-state index in [9.17, 15) is 4.79 Å². The third-order valence-corrected chi connectivity index (χ3v) is 4.84. The first kappa shape index (κ1) is 22.2. The SMILES string of the molecule is COc1ccc(N=Cc2ccc(OCC(=O)Nc3ccc(C)c(Cl)c3)c(OC)c2)cc1. The Kier molecular flexibility index (Phi) is 7.51. The zero-order valence-corrected chi connectivity index (χ0v) is 18.3. The van der Waals surface area contributed by atoms with Gasteiger partial charge in [0.2, 0.25) is 0 Å². The summed E-state index contributed by atoms with van der Waals surface area (Å²) in [6, 6.07) is 18.1. The van der Waals surface area contributed by atoms with Crippen LogP contribution in [0.4, 0.5) is 11.4 Å². The van der Waals surface area contributed by atoms with Crippen molar-refractivity contribution < 1.29 is 19.0 Å². The highest BCUT2D eigenvalue weighted by molar-refractivity contribution is 6.31. The van der Waals surface area contributed by atoms with Crippen LogP contribution in [0.15, 0.2) is 65.7 Å². The van der Waals surface area contributed by atoms with Gasteiger partial charge < -0.3 is 19.5 Å². The van der Waals surface area contributed by atoms with Crippen LogP contribution in [-0.2, 0) is 4.79 Å². The lowest BCUT2D eigenvalue weighted by atomic mass is 10.2. The molecule has 3 rings (SSSR count). The first-order chi connectivity index (χ1) is 15.0. The first-order valence-corrected chi connectivity index (χ1v) is 9.91. The predicted molar refractivity (Wildman–Crippen MR) is 124 cm³/mol. The normalized spacial score (nSPS) is 10.7. The van der Waals surface area contributed by atoms with Crippen LogP contribution in [0.5, 0.6) is 17.2 Å². The molecule has 0 aliphatic carbocycles. The lowest BCUT2D eigenvalue weighted by Gasteiger charge is -2.12. The van der Waals surface area contributed by atoms with Crippen molar-refractivity contribution >= 4 is 35.1 Å². The van der Waals surface area contributed by atoms with Crippen LogP contribution in [-0.4, -0.2) is 32.9 Å². The van der Waals surface area contributed by atoms with Gasteiger partial charge in [0.1, 0.15) is 5.75 Å². The topological polar surface area (TPSA) is 69.2 Å². The Morgan fingerprint density at radius 2 is 1.77 bits per heavy atom. The molecule has 0 fully saturated rings. The molecule has 0 unspecified atom stereocenters. The summed E-state index contributed by atoms with van der Waals surface area (Å²) in [5.74, 6) is 1.44. The number of ether oxygens (including phenoxy) is 3. The van der Waals surface area contributed by atoms with E-state index < -0.39 is 0 Å². The molecule has 1 amide bonds. The highest BCUT2D eigenvalue weighted by atomic mass is 35.5. The zero-order valence-electron chi connectivity index (χ0n) is 17.5. The van der Waals surface area contributed by atoms with Crippen LogP contribution >= 0.6 is 11.6 Å². The molecule has 0 saturated carbocycles. The molecule has 0 spiro atoms. The number of hydrogen-bond acceptors (Lipinski definition) is 5. The van der Waals surface area contributed by atoms with Crippen LogP contribution in [0.25, 0.3) is 0 Å². The molecule has 160 valence electrons. The van der Waals surface area contributed by atoms with Crippen molar-refractivity contribution in [2.45, 2.75) is 6.92 Å². The Morgan fingerprint density at radius 1 is 1.00 bits per heavy atom. The smallest absolute Gasteiger partial charge is 0.262 e. The number of hydrogen-bond donors (Lipinski definition) is 1. The van der Waals surface area contributed by atoms with Gasteiger partial charge in [0.15, 0.2) is 18.1 Å². The van der Waals surface area contributed by atoms with E-state index >= 15 is 0 Å². The van der Waals surface area contributed by atoms with Crippen molar-refractivity contribution in [3.05, 3.63) is 76.8 Å². The summed E-state index contributed by atoms with van der Waals surface area (Å²) in [6.45, 7) is 1.73. The standard InChI is InChI=1S/C24H23ClN2O4/c1-16-4-6-19(13-21(16)25)27-24(28)15-31-22-11-5-17(12-23(22)30-3)14-26-18-7-9-20(29-2)10-8-18/h4-14H,15H2,1-3H3,(H,27,28). The van der Waals surface area contributed by atoms with Gasteiger partial charge in [0, 0.05) is 16.9 Å². The number of nitrogens with zero attached hydrogens (tertiary/aromatic N) is 1. The Hall–Kier alpha value is -3.51. The van der Waals surface area contributed by atoms with Crippen LogP contribution in [0.3, 0.4) is 0 Å². The molecular weight excluding hydrogens is 416 g/mol. The fourth-order valence-corrected chi connectivity index (χ4v) is 2.89. The third kappa shape index (κ3) is 6.23. The number of carbonyl (C=O) groups excluding carboxylic acids is 1. The second-order valence-electron chi connectivity index (χ2n) is 6.67. The van der Waals surface area contributed by atoms with Crippen molar-refractivity contribution in [2.24, 2.45) is 4.99 Å². The van der Waals surface area contributed by atoms with Gasteiger partial charge in [-0.15, -0.1) is 0 Å². The second kappa shape index (κ2) is 10.5. The summed E-state index contributed by atoms with van der Waals surface area (Å²) >= 11 is 6.09. The number of aryl methyl sites for hydroxylation is 1. The average molecular weight is 439 g/mol. The van der Waals surface area contributed by atoms with Gasteiger partial charge >= 0.3 is 0 Å². The molecule has 3 aromatic carbocycles. The fourth-order valence-electron chi connectivity index (χ4n) is 2.71. The minimum atomic E-state index is -0.299. The Bertz CT molecular complexity index is 1080. The summed E-state index contributed by atoms with van der Waals surface area (Å²) in [6.07, 6.45) is 1.72. The Balaban J connectivity index is 1.61. The number of methoxy groups -OCH3 is 2. The molecule has 0 radical (unpaired) electrons. The number of halogens is 1. The van der Waals surface area contributed by atoms with Crippen molar-refractivity contribution in [3.8, 4) is 17.2 Å². The van der Waals surface area contributed by atoms with E-state index in [0.29, 0.717) is 22.2 Å². The number of carbonyl (C=O) groups is 1. The first-order valence-electron chi connectivity index (χ1n) is 9.53. The van der Waals surface area contributed by atoms with Crippen molar-refractivity contribution in [3.63, 3.8) is 0 Å². The molecule has 31 heavy (non-hydrogen) atoms. The van der Waals surface area contributed by atoms with E-state index in [1.54, 1.807) is 44.7 Å². The third-order valence-electron chi connectivity index (χ3n) is 4.44. The molecule has 0 saturated heterocycles. The van der Waals surface area contributed by atoms with Crippen LogP contribution in [0.2, 0.25) is 5.02 Å². The highest BCUT2D eigenvalue weighted by Gasteiger charge is 2.09. The quantitative estimate of drug-likeness (QED) is 0.476. The minimum Gasteiger partial charge on any atom is -0.497 e. The van der Waals surface area contributed by atoms with E-state index in [-0.39, 0.29) is 12.5 Å². The molecule has 0 atom stereocenters. The van der Waals surface area contributed by atoms with Gasteiger partial charge in [-0.25, -0.2) is 0 Å². The molecule has 0 bridgehead atoms. The summed E-state index contributed by atoms with van der Waals surface area (Å²) in [7, 11) is 3.16. The molecule has 0 aliphatic rings. The van der Waals surface area contributed by atoms with Crippen molar-refractivity contribution in [1.29, 1.82) is 0 Å². The molecule has 0 aliphatic heterocycles. The zero-order chi connectivity index (χ0) is 22.2. The molecule has 7 heteroatoms. The number of benzene rings is 3. The lowest BCUT2D eigenvalue weighted by molar-refractivity contribution is -0.118. The van der Waals surface area contributed by atoms with Gasteiger partial charge in [0.25, 0.3) is 5.91 Å². The van der Waals surface area contributed by atoms with Gasteiger partial charge in [-0.3, -0.25) is 9.79 Å². The summed E-state index contributed by atoms with van der Waals surface area (Å²) in [5, 5.41) is 3.35. The Labute approximate surface area is 186 Å². The van der Waals surface area contributed by atoms with E-state index in [4.69, 9.17) is 25.8 Å². The van der Waals surface area contributed by atoms with Crippen LogP contribution in [0.1, 0.15) is 11.1 Å². The number of aliphatic imine (C=N–C) groups is 1. The average Bonchev–Trinajstić information content (AvgIpc) is 2.79. The van der Waals surface area contributed by atoms with Crippen molar-refractivity contribution in [2.75, 3.05) is 26.1 Å². The fraction of sp³-hybridized carbons (Fsp3) is 0.167. The summed E-state index contributed by atoms with van der Waals surface area (Å²) in [5.41, 5.74) is 3.18. The van der Waals surface area contributed by atoms with E-state index in [0.717, 1.165) is 22.6 Å². The molecule has 1 N–H and O–H groups in total. The van der Waals surface area contributed by atoms with Crippen molar-refractivity contribution in [1.82, 2.24) is 0 Å². The second-order valence-corrected chi connectivity index (χ2v) is 7.07. The molecule has 6 nitrogen and oxygen atoms in total. The molecule has 0 heterocycles. The van der Waals surface area contributed by atoms with E-state index in [2.05, 4.69) is 10.3 Å². The predicted octanol–water partition coefficient (Wildman–Crippen LogP) is 5.43. The van der Waals surface area contributed by atoms with Gasteiger partial charge in [-0.05, 0) is 72.6 Å². The maximum absolute atomic E-state index is 12.2. The highest BCUT2D eigenvalue weighted by Crippen LogP contribution is 2.28. The largest absolute Gasteiger partial charge is 0.497 e. The van der Waals surface area contributed by atoms with E-state index in [1.807, 2.05) is 43.3 Å². The van der Waals surface area contributed by atoms with Crippen LogP contribution in [0, 0.1) is 6.92 Å². The molecule has 3 aromatic rings. The molecular formula is C24H23ClN2O4. The Morgan fingerprint density at radius 3 is 2.45 bits per heavy atom. The number of rotatable bonds is 8. The monoisotopic (exact) mass is 438 g/mol. The van der Waals surface area contributed by atoms with E-state index in [1.165, 1.54) is 0 Å². The summed E-state index contributed by atoms with van der Waals surface area (Å²) < 4.78 is 16.2. The van der Waals surface area contributed by atoms with Crippen LogP contribution < -0.4 is 19.5 Å². The number of nitrogens with one attached hydrogen (secondary N) is 1. The molecule has 0 aromatic heterocycles. The van der Waals surface area contributed by atoms with Gasteiger partial charge in [0.05, 0.1) is 19.9 Å².